The SMILES string of the molecule is Cc1nc(Cl)sc1S(=O)(=O)Nc1ccccc1C(C)(C)C. The number of para-hydroxylation sites is 1. The van der Waals surface area contributed by atoms with Gasteiger partial charge in [-0.25, -0.2) is 13.4 Å². The fourth-order valence-corrected chi connectivity index (χ4v) is 4.84. The number of halogens is 1. The molecular weight excluding hydrogens is 328 g/mol. The van der Waals surface area contributed by atoms with Crippen molar-refractivity contribution in [2.45, 2.75) is 37.3 Å². The molecule has 0 unspecified atom stereocenters. The van der Waals surface area contributed by atoms with Gasteiger partial charge in [0.05, 0.1) is 11.4 Å². The number of benzene rings is 1. The van der Waals surface area contributed by atoms with Gasteiger partial charge in [0.25, 0.3) is 10.0 Å². The van der Waals surface area contributed by atoms with Gasteiger partial charge in [0.1, 0.15) is 0 Å². The minimum absolute atomic E-state index is 0.149. The first-order valence-corrected chi connectivity index (χ1v) is 9.04. The molecule has 0 aliphatic carbocycles. The van der Waals surface area contributed by atoms with Crippen LogP contribution in [0.2, 0.25) is 4.47 Å². The summed E-state index contributed by atoms with van der Waals surface area (Å²) in [6.45, 7) is 7.74. The number of anilines is 1. The fraction of sp³-hybridized carbons (Fsp3) is 0.357. The van der Waals surface area contributed by atoms with Crippen LogP contribution in [0.4, 0.5) is 5.69 Å². The van der Waals surface area contributed by atoms with Crippen LogP contribution in [-0.2, 0) is 15.4 Å². The summed E-state index contributed by atoms with van der Waals surface area (Å²) in [6, 6.07) is 7.38. The normalized spacial score (nSPS) is 12.4. The molecular formula is C14H17ClN2O2S2. The van der Waals surface area contributed by atoms with E-state index in [0.717, 1.165) is 16.9 Å². The van der Waals surface area contributed by atoms with E-state index in [1.807, 2.05) is 32.9 Å². The standard InChI is InChI=1S/C14H17ClN2O2S2/c1-9-12(20-13(15)16-9)21(18,19)17-11-8-6-5-7-10(11)14(2,3)4/h5-8,17H,1-4H3. The Morgan fingerprint density at radius 3 is 2.38 bits per heavy atom. The van der Waals surface area contributed by atoms with Crippen molar-refractivity contribution < 1.29 is 8.42 Å². The van der Waals surface area contributed by atoms with Gasteiger partial charge in [-0.05, 0) is 24.0 Å². The van der Waals surface area contributed by atoms with Gasteiger partial charge in [-0.2, -0.15) is 0 Å². The highest BCUT2D eigenvalue weighted by molar-refractivity contribution is 7.94. The van der Waals surface area contributed by atoms with E-state index in [1.54, 1.807) is 19.1 Å². The molecule has 1 N–H and O–H groups in total. The van der Waals surface area contributed by atoms with Crippen molar-refractivity contribution in [2.24, 2.45) is 0 Å². The van der Waals surface area contributed by atoms with Gasteiger partial charge in [-0.1, -0.05) is 61.9 Å². The second-order valence-electron chi connectivity index (χ2n) is 5.74. The zero-order chi connectivity index (χ0) is 15.8. The van der Waals surface area contributed by atoms with Gasteiger partial charge in [0.2, 0.25) is 0 Å². The molecule has 0 amide bonds. The quantitative estimate of drug-likeness (QED) is 0.907. The van der Waals surface area contributed by atoms with Crippen molar-refractivity contribution >= 4 is 38.6 Å². The van der Waals surface area contributed by atoms with Crippen LogP contribution in [0, 0.1) is 6.92 Å². The van der Waals surface area contributed by atoms with E-state index < -0.39 is 10.0 Å². The third-order valence-corrected chi connectivity index (χ3v) is 6.19. The maximum Gasteiger partial charge on any atom is 0.273 e. The number of aryl methyl sites for hydroxylation is 1. The van der Waals surface area contributed by atoms with Crippen molar-refractivity contribution in [3.8, 4) is 0 Å². The highest BCUT2D eigenvalue weighted by Gasteiger charge is 2.25. The lowest BCUT2D eigenvalue weighted by molar-refractivity contribution is 0.590. The van der Waals surface area contributed by atoms with Crippen molar-refractivity contribution in [3.05, 3.63) is 40.0 Å². The summed E-state index contributed by atoms with van der Waals surface area (Å²) < 4.78 is 28.0. The highest BCUT2D eigenvalue weighted by atomic mass is 35.5. The largest absolute Gasteiger partial charge is 0.279 e. The third kappa shape index (κ3) is 3.56. The topological polar surface area (TPSA) is 59.1 Å². The summed E-state index contributed by atoms with van der Waals surface area (Å²) in [5, 5.41) is 0. The molecule has 4 nitrogen and oxygen atoms in total. The number of sulfonamides is 1. The van der Waals surface area contributed by atoms with Crippen LogP contribution in [0.15, 0.2) is 28.5 Å². The molecule has 2 rings (SSSR count). The molecule has 0 saturated heterocycles. The van der Waals surface area contributed by atoms with Gasteiger partial charge in [0, 0.05) is 0 Å². The third-order valence-electron chi connectivity index (χ3n) is 2.95. The lowest BCUT2D eigenvalue weighted by Gasteiger charge is -2.23. The summed E-state index contributed by atoms with van der Waals surface area (Å²) >= 11 is 6.75. The van der Waals surface area contributed by atoms with E-state index >= 15 is 0 Å². The van der Waals surface area contributed by atoms with Crippen LogP contribution in [0.3, 0.4) is 0 Å². The second-order valence-corrected chi connectivity index (χ2v) is 9.20. The molecule has 7 heteroatoms. The van der Waals surface area contributed by atoms with Crippen LogP contribution in [0.25, 0.3) is 0 Å². The van der Waals surface area contributed by atoms with Gasteiger partial charge in [-0.3, -0.25) is 4.72 Å². The highest BCUT2D eigenvalue weighted by Crippen LogP contribution is 2.33. The Hall–Kier alpha value is -1.11. The zero-order valence-electron chi connectivity index (χ0n) is 12.3. The molecule has 0 atom stereocenters. The number of thiazole rings is 1. The summed E-state index contributed by atoms with van der Waals surface area (Å²) in [4.78, 5) is 3.95. The number of aromatic nitrogens is 1. The molecule has 1 aromatic heterocycles. The molecule has 1 heterocycles. The maximum absolute atomic E-state index is 12.5. The van der Waals surface area contributed by atoms with E-state index in [9.17, 15) is 8.42 Å². The number of hydrogen-bond acceptors (Lipinski definition) is 4. The van der Waals surface area contributed by atoms with Crippen LogP contribution in [0.5, 0.6) is 0 Å². The minimum atomic E-state index is -3.68. The van der Waals surface area contributed by atoms with Crippen molar-refractivity contribution in [1.29, 1.82) is 0 Å². The summed E-state index contributed by atoms with van der Waals surface area (Å²) in [5.41, 5.74) is 1.75. The molecule has 0 bridgehead atoms. The molecule has 0 radical (unpaired) electrons. The first kappa shape index (κ1) is 16.3. The van der Waals surface area contributed by atoms with Gasteiger partial charge in [0.15, 0.2) is 8.68 Å². The van der Waals surface area contributed by atoms with Crippen molar-refractivity contribution in [3.63, 3.8) is 0 Å². The number of nitrogens with one attached hydrogen (secondary N) is 1. The molecule has 114 valence electrons. The van der Waals surface area contributed by atoms with E-state index in [4.69, 9.17) is 11.6 Å². The molecule has 1 aromatic carbocycles. The Bertz CT molecular complexity index is 762. The fourth-order valence-electron chi connectivity index (χ4n) is 2.02. The van der Waals surface area contributed by atoms with E-state index in [0.29, 0.717) is 11.4 Å². The van der Waals surface area contributed by atoms with Gasteiger partial charge in [-0.15, -0.1) is 0 Å². The van der Waals surface area contributed by atoms with Crippen LogP contribution < -0.4 is 4.72 Å². The molecule has 0 aliphatic rings. The number of hydrogen-bond donors (Lipinski definition) is 1. The number of nitrogens with zero attached hydrogens (tertiary/aromatic N) is 1. The van der Waals surface area contributed by atoms with E-state index in [1.165, 1.54) is 0 Å². The average molecular weight is 345 g/mol. The molecule has 2 aromatic rings. The predicted octanol–water partition coefficient (Wildman–Crippen LogP) is 4.20. The molecule has 0 spiro atoms. The molecule has 21 heavy (non-hydrogen) atoms. The van der Waals surface area contributed by atoms with Crippen LogP contribution in [-0.4, -0.2) is 13.4 Å². The number of rotatable bonds is 3. The van der Waals surface area contributed by atoms with E-state index in [-0.39, 0.29) is 14.1 Å². The molecule has 0 aliphatic heterocycles. The maximum atomic E-state index is 12.5. The lowest BCUT2D eigenvalue weighted by Crippen LogP contribution is -2.19. The first-order chi connectivity index (χ1) is 9.61. The zero-order valence-corrected chi connectivity index (χ0v) is 14.7. The monoisotopic (exact) mass is 344 g/mol. The Balaban J connectivity index is 2.45. The van der Waals surface area contributed by atoms with Crippen LogP contribution >= 0.6 is 22.9 Å². The lowest BCUT2D eigenvalue weighted by atomic mass is 9.86. The van der Waals surface area contributed by atoms with Gasteiger partial charge >= 0.3 is 0 Å². The van der Waals surface area contributed by atoms with Crippen LogP contribution in [0.1, 0.15) is 32.0 Å². The first-order valence-electron chi connectivity index (χ1n) is 6.36. The Morgan fingerprint density at radius 2 is 1.86 bits per heavy atom. The Kier molecular flexibility index (Phi) is 4.33. The van der Waals surface area contributed by atoms with Crippen molar-refractivity contribution in [2.75, 3.05) is 4.72 Å². The predicted molar refractivity (Wildman–Crippen MR) is 87.8 cm³/mol. The molecule has 0 saturated carbocycles. The smallest absolute Gasteiger partial charge is 0.273 e. The minimum Gasteiger partial charge on any atom is -0.279 e. The Labute approximate surface area is 134 Å². The summed E-state index contributed by atoms with van der Waals surface area (Å²) in [5.74, 6) is 0. The van der Waals surface area contributed by atoms with E-state index in [2.05, 4.69) is 9.71 Å². The average Bonchev–Trinajstić information content (AvgIpc) is 2.68. The Morgan fingerprint density at radius 1 is 1.24 bits per heavy atom. The molecule has 0 fully saturated rings. The summed E-state index contributed by atoms with van der Waals surface area (Å²) in [7, 11) is -3.68. The van der Waals surface area contributed by atoms with Crippen molar-refractivity contribution in [1.82, 2.24) is 4.98 Å². The van der Waals surface area contributed by atoms with Gasteiger partial charge < -0.3 is 0 Å². The summed E-state index contributed by atoms with van der Waals surface area (Å²) in [6.07, 6.45) is 0. The second kappa shape index (κ2) is 5.59.